The number of amides is 1. The molecule has 0 spiro atoms. The first-order chi connectivity index (χ1) is 13.7. The minimum absolute atomic E-state index is 0.0922. The summed E-state index contributed by atoms with van der Waals surface area (Å²) < 4.78 is 7.28. The quantitative estimate of drug-likeness (QED) is 0.673. The number of hydrogen-bond donors (Lipinski definition) is 1. The fourth-order valence-corrected chi connectivity index (χ4v) is 3.59. The highest BCUT2D eigenvalue weighted by Crippen LogP contribution is 2.17. The molecule has 0 aliphatic carbocycles. The third-order valence-corrected chi connectivity index (χ3v) is 5.17. The maximum Gasteiger partial charge on any atom is 0.270 e. The number of imidazole rings is 1. The normalized spacial score (nSPS) is 14.4. The van der Waals surface area contributed by atoms with E-state index in [2.05, 4.69) is 39.5 Å². The summed E-state index contributed by atoms with van der Waals surface area (Å²) in [5, 5.41) is 3.05. The summed E-state index contributed by atoms with van der Waals surface area (Å²) >= 11 is 0. The Kier molecular flexibility index (Phi) is 5.35. The summed E-state index contributed by atoms with van der Waals surface area (Å²) in [6.45, 7) is 5.90. The Balaban J connectivity index is 1.46. The van der Waals surface area contributed by atoms with Crippen molar-refractivity contribution in [2.75, 3.05) is 31.2 Å². The van der Waals surface area contributed by atoms with Crippen LogP contribution in [0.1, 0.15) is 28.7 Å². The second-order valence-electron chi connectivity index (χ2n) is 7.14. The van der Waals surface area contributed by atoms with Crippen molar-refractivity contribution in [2.45, 2.75) is 19.9 Å². The lowest BCUT2D eigenvalue weighted by Gasteiger charge is -2.28. The number of nitrogens with one attached hydrogen (secondary N) is 1. The van der Waals surface area contributed by atoms with Crippen LogP contribution in [0.5, 0.6) is 0 Å². The lowest BCUT2D eigenvalue weighted by molar-refractivity contribution is 0.0944. The van der Waals surface area contributed by atoms with Gasteiger partial charge in [0.25, 0.3) is 5.91 Å². The molecule has 2 aromatic heterocycles. The molecule has 144 valence electrons. The van der Waals surface area contributed by atoms with Crippen LogP contribution in [-0.4, -0.2) is 49.4 Å². The van der Waals surface area contributed by atoms with E-state index in [-0.39, 0.29) is 5.91 Å². The number of hydrogen-bond acceptors (Lipinski definition) is 4. The number of pyridine rings is 1. The molecule has 0 saturated carbocycles. The number of morpholine rings is 1. The van der Waals surface area contributed by atoms with E-state index in [1.807, 2.05) is 37.5 Å². The predicted octanol–water partition coefficient (Wildman–Crippen LogP) is 0.922. The molecule has 1 saturated heterocycles. The number of fused-ring (bicyclic) bond motifs is 1. The van der Waals surface area contributed by atoms with Crippen molar-refractivity contribution in [3.05, 3.63) is 59.5 Å². The molecule has 28 heavy (non-hydrogen) atoms. The zero-order valence-electron chi connectivity index (χ0n) is 16.4. The molecule has 1 N–H and O–H groups in total. The summed E-state index contributed by atoms with van der Waals surface area (Å²) in [5.74, 6) is -0.0922. The fraction of sp³-hybridized carbons (Fsp3) is 0.333. The van der Waals surface area contributed by atoms with Crippen LogP contribution in [-0.2, 0) is 17.7 Å². The average Bonchev–Trinajstić information content (AvgIpc) is 3.10. The first-order valence-corrected chi connectivity index (χ1v) is 9.83. The SMILES string of the molecule is Bc1ccn2c(C(=O)NCc3ccc(N4CCOCC4)cc3)c(CC)nc2c1. The van der Waals surface area contributed by atoms with Crippen LogP contribution >= 0.6 is 0 Å². The average molecular weight is 376 g/mol. The molecule has 1 amide bonds. The molecule has 0 radical (unpaired) electrons. The van der Waals surface area contributed by atoms with Crippen LogP contribution in [0.15, 0.2) is 42.6 Å². The van der Waals surface area contributed by atoms with E-state index >= 15 is 0 Å². The molecule has 1 aromatic carbocycles. The molecule has 3 heterocycles. The van der Waals surface area contributed by atoms with E-state index in [4.69, 9.17) is 4.74 Å². The zero-order valence-corrected chi connectivity index (χ0v) is 16.4. The van der Waals surface area contributed by atoms with Crippen molar-refractivity contribution in [2.24, 2.45) is 0 Å². The van der Waals surface area contributed by atoms with Crippen molar-refractivity contribution < 1.29 is 9.53 Å². The van der Waals surface area contributed by atoms with Crippen LogP contribution in [0.3, 0.4) is 0 Å². The molecule has 1 fully saturated rings. The minimum Gasteiger partial charge on any atom is -0.378 e. The van der Waals surface area contributed by atoms with Gasteiger partial charge in [-0.05, 0) is 30.2 Å². The Morgan fingerprint density at radius 3 is 2.68 bits per heavy atom. The second-order valence-corrected chi connectivity index (χ2v) is 7.14. The maximum absolute atomic E-state index is 12.9. The number of aromatic nitrogens is 2. The van der Waals surface area contributed by atoms with Crippen molar-refractivity contribution in [1.29, 1.82) is 0 Å². The molecule has 0 unspecified atom stereocenters. The van der Waals surface area contributed by atoms with Crippen LogP contribution < -0.4 is 15.7 Å². The van der Waals surface area contributed by atoms with Gasteiger partial charge in [-0.2, -0.15) is 0 Å². The van der Waals surface area contributed by atoms with Crippen molar-refractivity contribution >= 4 is 30.6 Å². The number of anilines is 1. The summed E-state index contributed by atoms with van der Waals surface area (Å²) in [7, 11) is 2.03. The van der Waals surface area contributed by atoms with Gasteiger partial charge in [0.15, 0.2) is 0 Å². The van der Waals surface area contributed by atoms with E-state index < -0.39 is 0 Å². The molecular formula is C21H25BN4O2. The molecule has 4 rings (SSSR count). The van der Waals surface area contributed by atoms with Gasteiger partial charge in [0.2, 0.25) is 0 Å². The van der Waals surface area contributed by atoms with Gasteiger partial charge in [-0.3, -0.25) is 9.20 Å². The number of carbonyl (C=O) groups is 1. The van der Waals surface area contributed by atoms with E-state index in [9.17, 15) is 4.79 Å². The Labute approximate surface area is 165 Å². The van der Waals surface area contributed by atoms with Crippen LogP contribution in [0, 0.1) is 0 Å². The highest BCUT2D eigenvalue weighted by molar-refractivity contribution is 6.32. The van der Waals surface area contributed by atoms with E-state index in [0.29, 0.717) is 12.2 Å². The largest absolute Gasteiger partial charge is 0.378 e. The Morgan fingerprint density at radius 1 is 1.21 bits per heavy atom. The smallest absolute Gasteiger partial charge is 0.270 e. The summed E-state index contributed by atoms with van der Waals surface area (Å²) in [4.78, 5) is 19.8. The number of aryl methyl sites for hydroxylation is 1. The number of nitrogens with zero attached hydrogens (tertiary/aromatic N) is 3. The predicted molar refractivity (Wildman–Crippen MR) is 113 cm³/mol. The molecule has 0 bridgehead atoms. The van der Waals surface area contributed by atoms with E-state index in [1.54, 1.807) is 0 Å². The minimum atomic E-state index is -0.0922. The Bertz CT molecular complexity index is 978. The number of rotatable bonds is 5. The standard InChI is InChI=1S/C21H25BN4O2/c1-2-18-20(26-8-7-16(22)13-19(26)24-18)21(27)23-14-15-3-5-17(6-4-15)25-9-11-28-12-10-25/h3-8,13H,2,9-12,14,22H2,1H3,(H,23,27). The van der Waals surface area contributed by atoms with Crippen LogP contribution in [0.2, 0.25) is 0 Å². The van der Waals surface area contributed by atoms with Gasteiger partial charge in [-0.25, -0.2) is 4.98 Å². The molecule has 6 nitrogen and oxygen atoms in total. The van der Waals surface area contributed by atoms with Gasteiger partial charge in [-0.1, -0.05) is 30.6 Å². The van der Waals surface area contributed by atoms with E-state index in [0.717, 1.165) is 55.1 Å². The van der Waals surface area contributed by atoms with Gasteiger partial charge in [-0.15, -0.1) is 0 Å². The van der Waals surface area contributed by atoms with E-state index in [1.165, 1.54) is 5.69 Å². The summed E-state index contributed by atoms with van der Waals surface area (Å²) in [6, 6.07) is 12.4. The zero-order chi connectivity index (χ0) is 19.5. The highest BCUT2D eigenvalue weighted by atomic mass is 16.5. The molecular weight excluding hydrogens is 351 g/mol. The lowest BCUT2D eigenvalue weighted by Crippen LogP contribution is -2.36. The fourth-order valence-electron chi connectivity index (χ4n) is 3.59. The third-order valence-electron chi connectivity index (χ3n) is 5.17. The first-order valence-electron chi connectivity index (χ1n) is 9.83. The molecule has 1 aliphatic rings. The van der Waals surface area contributed by atoms with Gasteiger partial charge >= 0.3 is 0 Å². The number of ether oxygens (including phenoxy) is 1. The Hall–Kier alpha value is -2.80. The summed E-state index contributed by atoms with van der Waals surface area (Å²) in [6.07, 6.45) is 2.64. The second kappa shape index (κ2) is 8.06. The Morgan fingerprint density at radius 2 is 1.96 bits per heavy atom. The molecule has 3 aromatic rings. The summed E-state index contributed by atoms with van der Waals surface area (Å²) in [5.41, 5.74) is 5.68. The van der Waals surface area contributed by atoms with Gasteiger partial charge < -0.3 is 15.0 Å². The highest BCUT2D eigenvalue weighted by Gasteiger charge is 2.18. The number of benzene rings is 1. The van der Waals surface area contributed by atoms with Crippen molar-refractivity contribution in [1.82, 2.24) is 14.7 Å². The first kappa shape index (κ1) is 18.6. The van der Waals surface area contributed by atoms with Crippen LogP contribution in [0.4, 0.5) is 5.69 Å². The molecule has 1 aliphatic heterocycles. The van der Waals surface area contributed by atoms with Crippen molar-refractivity contribution in [3.8, 4) is 0 Å². The van der Waals surface area contributed by atoms with Crippen LogP contribution in [0.25, 0.3) is 5.65 Å². The molecule has 0 atom stereocenters. The number of carbonyl (C=O) groups excluding carboxylic acids is 1. The monoisotopic (exact) mass is 376 g/mol. The lowest BCUT2D eigenvalue weighted by atomic mass is 9.98. The van der Waals surface area contributed by atoms with Gasteiger partial charge in [0.05, 0.1) is 18.9 Å². The third kappa shape index (κ3) is 3.75. The van der Waals surface area contributed by atoms with Crippen molar-refractivity contribution in [3.63, 3.8) is 0 Å². The van der Waals surface area contributed by atoms with Gasteiger partial charge in [0.1, 0.15) is 19.2 Å². The topological polar surface area (TPSA) is 58.9 Å². The van der Waals surface area contributed by atoms with Gasteiger partial charge in [0, 0.05) is 31.5 Å². The maximum atomic E-state index is 12.9. The molecule has 7 heteroatoms.